The molecule has 0 aliphatic carbocycles. The Bertz CT molecular complexity index is 34.7. The molecule has 0 aromatic heterocycles. The van der Waals surface area contributed by atoms with Gasteiger partial charge in [-0.15, -0.1) is 0 Å². The Balaban J connectivity index is -0.0000000150. The second-order valence-corrected chi connectivity index (χ2v) is 0.283. The van der Waals surface area contributed by atoms with E-state index in [1.54, 1.807) is 0 Å². The van der Waals surface area contributed by atoms with Crippen molar-refractivity contribution < 1.29 is 90.8 Å². The largest absolute Gasteiger partial charge is 1.00 e. The zero-order chi connectivity index (χ0) is 3.58. The molecule has 0 amide bonds. The smallest absolute Gasteiger partial charge is 1.00 e. The van der Waals surface area contributed by atoms with Crippen LogP contribution in [0.1, 0.15) is 1.43 Å². The summed E-state index contributed by atoms with van der Waals surface area (Å²) in [7, 11) is 0. The standard InChI is InChI=1S/CH2O3.Cs.H2O.H/c2-1(3)4;;;/h(H2,2,3,4);;1H2;/q;+1;;-1. The summed E-state index contributed by atoms with van der Waals surface area (Å²) in [6.07, 6.45) is -1.83. The third-order valence-electron chi connectivity index (χ3n) is 0. The molecule has 6 heavy (non-hydrogen) atoms. The molecule has 0 atom stereocenters. The van der Waals surface area contributed by atoms with Crippen molar-refractivity contribution in [3.63, 3.8) is 0 Å². The molecule has 0 saturated carbocycles. The van der Waals surface area contributed by atoms with Crippen molar-refractivity contribution in [1.82, 2.24) is 0 Å². The summed E-state index contributed by atoms with van der Waals surface area (Å²) in [5.41, 5.74) is 0. The van der Waals surface area contributed by atoms with E-state index in [1.807, 2.05) is 0 Å². The Morgan fingerprint density at radius 1 is 1.50 bits per heavy atom. The van der Waals surface area contributed by atoms with Crippen molar-refractivity contribution in [2.75, 3.05) is 0 Å². The molecule has 0 bridgehead atoms. The van der Waals surface area contributed by atoms with E-state index in [9.17, 15) is 0 Å². The predicted octanol–water partition coefficient (Wildman–Crippen LogP) is -3.49. The van der Waals surface area contributed by atoms with Gasteiger partial charge in [0.2, 0.25) is 0 Å². The molecular weight excluding hydrogens is 209 g/mol. The van der Waals surface area contributed by atoms with Crippen molar-refractivity contribution in [1.29, 1.82) is 0 Å². The van der Waals surface area contributed by atoms with E-state index >= 15 is 0 Å². The Hall–Kier alpha value is 1.28. The SMILES string of the molecule is O.O=C(O)O.[Cs+].[H-]. The molecule has 0 unspecified atom stereocenters. The molecule has 0 spiro atoms. The molecule has 0 saturated heterocycles. The van der Waals surface area contributed by atoms with Crippen molar-refractivity contribution in [3.05, 3.63) is 0 Å². The molecule has 0 rings (SSSR count). The van der Waals surface area contributed by atoms with Crippen LogP contribution < -0.4 is 68.9 Å². The molecular formula is CH5CsO4. The van der Waals surface area contributed by atoms with Crippen LogP contribution in [0.25, 0.3) is 0 Å². The third-order valence-corrected chi connectivity index (χ3v) is 0. The first-order chi connectivity index (χ1) is 1.73. The maximum Gasteiger partial charge on any atom is 1.00 e. The van der Waals surface area contributed by atoms with Gasteiger partial charge in [-0.1, -0.05) is 0 Å². The minimum absolute atomic E-state index is 0. The van der Waals surface area contributed by atoms with Crippen LogP contribution in [-0.2, 0) is 0 Å². The van der Waals surface area contributed by atoms with Crippen LogP contribution in [0.15, 0.2) is 0 Å². The number of hydrogen-bond acceptors (Lipinski definition) is 1. The van der Waals surface area contributed by atoms with Crippen molar-refractivity contribution in [2.24, 2.45) is 0 Å². The first kappa shape index (κ1) is 15.7. The Kier molecular flexibility index (Phi) is 25.0. The minimum Gasteiger partial charge on any atom is -1.00 e. The second kappa shape index (κ2) is 9.56. The molecule has 0 aromatic rings. The number of carboxylic acid groups (broad SMARTS) is 2. The average Bonchev–Trinajstić information content (AvgIpc) is 0.811. The van der Waals surface area contributed by atoms with Gasteiger partial charge < -0.3 is 17.1 Å². The van der Waals surface area contributed by atoms with Crippen LogP contribution in [0.5, 0.6) is 0 Å². The maximum absolute atomic E-state index is 8.56. The van der Waals surface area contributed by atoms with Crippen molar-refractivity contribution in [3.8, 4) is 0 Å². The monoisotopic (exact) mass is 214 g/mol. The van der Waals surface area contributed by atoms with Gasteiger partial charge in [-0.2, -0.15) is 0 Å². The summed E-state index contributed by atoms with van der Waals surface area (Å²) in [6, 6.07) is 0. The van der Waals surface area contributed by atoms with Gasteiger partial charge >= 0.3 is 75.0 Å². The fraction of sp³-hybridized carbons (Fsp3) is 0. The summed E-state index contributed by atoms with van der Waals surface area (Å²) in [6.45, 7) is 0. The van der Waals surface area contributed by atoms with Gasteiger partial charge in [0.05, 0.1) is 0 Å². The topological polar surface area (TPSA) is 89.0 Å². The Labute approximate surface area is 94.8 Å². The van der Waals surface area contributed by atoms with E-state index in [0.717, 1.165) is 0 Å². The van der Waals surface area contributed by atoms with E-state index in [1.165, 1.54) is 0 Å². The van der Waals surface area contributed by atoms with Crippen LogP contribution >= 0.6 is 0 Å². The maximum atomic E-state index is 8.56. The Morgan fingerprint density at radius 3 is 1.50 bits per heavy atom. The van der Waals surface area contributed by atoms with E-state index in [0.29, 0.717) is 0 Å². The van der Waals surface area contributed by atoms with Crippen molar-refractivity contribution in [2.45, 2.75) is 0 Å². The van der Waals surface area contributed by atoms with E-state index in [4.69, 9.17) is 15.0 Å². The first-order valence-electron chi connectivity index (χ1n) is 0.651. The molecule has 4 nitrogen and oxygen atoms in total. The number of rotatable bonds is 0. The average molecular weight is 214 g/mol. The second-order valence-electron chi connectivity index (χ2n) is 0.283. The van der Waals surface area contributed by atoms with Gasteiger partial charge in [-0.3, -0.25) is 0 Å². The van der Waals surface area contributed by atoms with Crippen LogP contribution in [0.4, 0.5) is 4.79 Å². The summed E-state index contributed by atoms with van der Waals surface area (Å²) in [4.78, 5) is 8.56. The van der Waals surface area contributed by atoms with Gasteiger partial charge in [0.1, 0.15) is 0 Å². The van der Waals surface area contributed by atoms with Crippen LogP contribution in [0.2, 0.25) is 0 Å². The summed E-state index contributed by atoms with van der Waals surface area (Å²) >= 11 is 0. The number of hydrogen-bond donors (Lipinski definition) is 2. The van der Waals surface area contributed by atoms with Gasteiger partial charge in [0.15, 0.2) is 0 Å². The fourth-order valence-corrected chi connectivity index (χ4v) is 0. The summed E-state index contributed by atoms with van der Waals surface area (Å²) in [5.74, 6) is 0. The van der Waals surface area contributed by atoms with Crippen molar-refractivity contribution >= 4 is 6.16 Å². The summed E-state index contributed by atoms with van der Waals surface area (Å²) < 4.78 is 0. The quantitative estimate of drug-likeness (QED) is 0.438. The molecule has 4 N–H and O–H groups in total. The zero-order valence-electron chi connectivity index (χ0n) is 4.30. The van der Waals surface area contributed by atoms with Gasteiger partial charge in [0.25, 0.3) is 0 Å². The van der Waals surface area contributed by atoms with Gasteiger partial charge in [-0.25, -0.2) is 4.79 Å². The van der Waals surface area contributed by atoms with E-state index in [-0.39, 0.29) is 75.8 Å². The first-order valence-corrected chi connectivity index (χ1v) is 0.651. The molecule has 0 aliphatic heterocycles. The zero-order valence-corrected chi connectivity index (χ0v) is 9.58. The third kappa shape index (κ3) is 58.9. The number of carbonyl (C=O) groups is 1. The van der Waals surface area contributed by atoms with Crippen LogP contribution in [-0.4, -0.2) is 21.8 Å². The molecule has 0 aromatic carbocycles. The normalized spacial score (nSPS) is 4.00. The molecule has 0 aliphatic rings. The van der Waals surface area contributed by atoms with Gasteiger partial charge in [0, 0.05) is 0 Å². The fourth-order valence-electron chi connectivity index (χ4n) is 0. The van der Waals surface area contributed by atoms with Crippen LogP contribution in [0, 0.1) is 0 Å². The molecule has 0 heterocycles. The summed E-state index contributed by atoms with van der Waals surface area (Å²) in [5, 5.41) is 13.9. The Morgan fingerprint density at radius 2 is 1.50 bits per heavy atom. The molecule has 34 valence electrons. The van der Waals surface area contributed by atoms with Crippen LogP contribution in [0.3, 0.4) is 0 Å². The molecule has 5 heteroatoms. The van der Waals surface area contributed by atoms with Gasteiger partial charge in [-0.05, 0) is 0 Å². The predicted molar refractivity (Wildman–Crippen MR) is 15.4 cm³/mol. The minimum atomic E-state index is -1.83. The van der Waals surface area contributed by atoms with E-state index < -0.39 is 6.16 Å². The van der Waals surface area contributed by atoms with E-state index in [2.05, 4.69) is 0 Å². The molecule has 0 fully saturated rings. The molecule has 0 radical (unpaired) electrons.